The number of fused-ring (bicyclic) bond motifs is 2. The molecule has 0 saturated carbocycles. The number of pyridine rings is 1. The third-order valence-electron chi connectivity index (χ3n) is 6.95. The van der Waals surface area contributed by atoms with E-state index in [4.69, 9.17) is 21.1 Å². The van der Waals surface area contributed by atoms with Crippen LogP contribution < -0.4 is 9.64 Å². The summed E-state index contributed by atoms with van der Waals surface area (Å²) in [6.45, 7) is -0.458. The lowest BCUT2D eigenvalue weighted by molar-refractivity contribution is 0.0476. The maximum Gasteiger partial charge on any atom is 0.339 e. The number of ether oxygens (including phenoxy) is 2. The number of halogens is 1. The van der Waals surface area contributed by atoms with Crippen LogP contribution in [0.4, 0.5) is 5.69 Å². The van der Waals surface area contributed by atoms with Crippen molar-refractivity contribution >= 4 is 51.8 Å². The summed E-state index contributed by atoms with van der Waals surface area (Å²) in [5.41, 5.74) is 3.27. The Morgan fingerprint density at radius 3 is 2.14 bits per heavy atom. The quantitative estimate of drug-likeness (QED) is 0.125. The Balaban J connectivity index is 1.28. The number of benzene rings is 4. The summed E-state index contributed by atoms with van der Waals surface area (Å²) in [7, 11) is 1.53. The fourth-order valence-electron chi connectivity index (χ4n) is 4.79. The largest absolute Gasteiger partial charge is 0.497 e. The first kappa shape index (κ1) is 26.9. The number of anilines is 1. The Bertz CT molecular complexity index is 1870. The molecule has 8 nitrogen and oxygen atoms in total. The number of aromatic nitrogens is 1. The normalized spacial score (nSPS) is 12.4. The molecule has 0 spiro atoms. The Morgan fingerprint density at radius 1 is 0.833 bits per heavy atom. The zero-order valence-corrected chi connectivity index (χ0v) is 22.9. The first-order valence-corrected chi connectivity index (χ1v) is 13.2. The standard InChI is InChI=1S/C33H21ClN2O6/c1-41-23-13-8-20(9-14-23)30(37)18-42-33(40)27-17-29(35-28-15-10-21(34)16-26(27)28)19-6-11-22(12-7-19)36-31(38)24-4-2-3-5-25(24)32(36)39/h2-17H,18H2,1H3. The molecule has 206 valence electrons. The molecule has 0 bridgehead atoms. The molecule has 5 aromatic rings. The molecule has 0 saturated heterocycles. The van der Waals surface area contributed by atoms with Crippen LogP contribution in [0.5, 0.6) is 5.75 Å². The van der Waals surface area contributed by atoms with Crippen molar-refractivity contribution in [3.05, 3.63) is 124 Å². The van der Waals surface area contributed by atoms with Gasteiger partial charge in [-0.25, -0.2) is 14.7 Å². The number of esters is 1. The van der Waals surface area contributed by atoms with E-state index in [-0.39, 0.29) is 11.3 Å². The molecule has 0 aliphatic carbocycles. The van der Waals surface area contributed by atoms with Gasteiger partial charge in [0.05, 0.1) is 40.7 Å². The topological polar surface area (TPSA) is 103 Å². The third-order valence-corrected chi connectivity index (χ3v) is 7.19. The van der Waals surface area contributed by atoms with E-state index in [1.54, 1.807) is 97.1 Å². The molecular weight excluding hydrogens is 556 g/mol. The number of ketones is 1. The molecule has 0 N–H and O–H groups in total. The number of carbonyl (C=O) groups excluding carboxylic acids is 4. The van der Waals surface area contributed by atoms with E-state index in [2.05, 4.69) is 4.98 Å². The van der Waals surface area contributed by atoms with E-state index < -0.39 is 24.4 Å². The molecule has 9 heteroatoms. The highest BCUT2D eigenvalue weighted by Crippen LogP contribution is 2.32. The van der Waals surface area contributed by atoms with Crippen molar-refractivity contribution in [2.24, 2.45) is 0 Å². The molecule has 0 unspecified atom stereocenters. The second-order valence-corrected chi connectivity index (χ2v) is 9.92. The molecule has 6 rings (SSSR count). The number of carbonyl (C=O) groups is 4. The first-order valence-electron chi connectivity index (χ1n) is 12.9. The predicted molar refractivity (Wildman–Crippen MR) is 157 cm³/mol. The monoisotopic (exact) mass is 576 g/mol. The summed E-state index contributed by atoms with van der Waals surface area (Å²) in [4.78, 5) is 57.5. The summed E-state index contributed by atoms with van der Waals surface area (Å²) < 4.78 is 10.5. The minimum atomic E-state index is -0.713. The van der Waals surface area contributed by atoms with Crippen LogP contribution in [-0.2, 0) is 4.74 Å². The van der Waals surface area contributed by atoms with E-state index in [0.29, 0.717) is 55.3 Å². The third kappa shape index (κ3) is 4.88. The summed E-state index contributed by atoms with van der Waals surface area (Å²) in [5.74, 6) is -1.26. The van der Waals surface area contributed by atoms with Gasteiger partial charge in [0.15, 0.2) is 12.4 Å². The van der Waals surface area contributed by atoms with Crippen LogP contribution in [-0.4, -0.2) is 42.3 Å². The molecular formula is C33H21ClN2O6. The highest BCUT2D eigenvalue weighted by Gasteiger charge is 2.36. The maximum atomic E-state index is 13.3. The fourth-order valence-corrected chi connectivity index (χ4v) is 4.96. The number of imide groups is 1. The van der Waals surface area contributed by atoms with Gasteiger partial charge < -0.3 is 9.47 Å². The van der Waals surface area contributed by atoms with Gasteiger partial charge in [0.1, 0.15) is 5.75 Å². The van der Waals surface area contributed by atoms with Gasteiger partial charge in [0, 0.05) is 21.5 Å². The molecule has 42 heavy (non-hydrogen) atoms. The number of nitrogens with zero attached hydrogens (tertiary/aromatic N) is 2. The van der Waals surface area contributed by atoms with Crippen LogP contribution in [0.2, 0.25) is 5.02 Å². The van der Waals surface area contributed by atoms with Crippen molar-refractivity contribution in [3.63, 3.8) is 0 Å². The molecule has 0 radical (unpaired) electrons. The average Bonchev–Trinajstić information content (AvgIpc) is 3.28. The molecule has 4 aromatic carbocycles. The maximum absolute atomic E-state index is 13.3. The first-order chi connectivity index (χ1) is 20.3. The predicted octanol–water partition coefficient (Wildman–Crippen LogP) is 6.40. The summed E-state index contributed by atoms with van der Waals surface area (Å²) in [5, 5.41) is 0.876. The Labute approximate surface area is 245 Å². The van der Waals surface area contributed by atoms with E-state index >= 15 is 0 Å². The van der Waals surface area contributed by atoms with Crippen molar-refractivity contribution in [3.8, 4) is 17.0 Å². The van der Waals surface area contributed by atoms with Crippen molar-refractivity contribution in [2.45, 2.75) is 0 Å². The molecule has 2 heterocycles. The highest BCUT2D eigenvalue weighted by atomic mass is 35.5. The van der Waals surface area contributed by atoms with Gasteiger partial charge in [-0.2, -0.15) is 0 Å². The van der Waals surface area contributed by atoms with Gasteiger partial charge in [0.25, 0.3) is 11.8 Å². The van der Waals surface area contributed by atoms with Crippen LogP contribution in [0.3, 0.4) is 0 Å². The minimum Gasteiger partial charge on any atom is -0.497 e. The second-order valence-electron chi connectivity index (χ2n) is 9.48. The highest BCUT2D eigenvalue weighted by molar-refractivity contribution is 6.34. The molecule has 0 fully saturated rings. The number of hydrogen-bond acceptors (Lipinski definition) is 7. The zero-order chi connectivity index (χ0) is 29.4. The van der Waals surface area contributed by atoms with Crippen LogP contribution in [0.25, 0.3) is 22.2 Å². The number of Topliss-reactive ketones (excluding diaryl/α,β-unsaturated/α-hetero) is 1. The molecule has 2 amide bonds. The molecule has 1 aliphatic rings. The van der Waals surface area contributed by atoms with Crippen molar-refractivity contribution in [1.82, 2.24) is 4.98 Å². The van der Waals surface area contributed by atoms with Crippen LogP contribution in [0.15, 0.2) is 97.1 Å². The lowest BCUT2D eigenvalue weighted by Crippen LogP contribution is -2.29. The van der Waals surface area contributed by atoms with Gasteiger partial charge in [-0.15, -0.1) is 0 Å². The molecule has 1 aliphatic heterocycles. The Morgan fingerprint density at radius 2 is 1.50 bits per heavy atom. The zero-order valence-electron chi connectivity index (χ0n) is 22.2. The second kappa shape index (κ2) is 10.9. The van der Waals surface area contributed by atoms with Gasteiger partial charge in [-0.1, -0.05) is 35.9 Å². The summed E-state index contributed by atoms with van der Waals surface area (Å²) >= 11 is 6.22. The van der Waals surface area contributed by atoms with Crippen molar-refractivity contribution in [2.75, 3.05) is 18.6 Å². The van der Waals surface area contributed by atoms with Gasteiger partial charge in [0.2, 0.25) is 0 Å². The lowest BCUT2D eigenvalue weighted by Gasteiger charge is -2.15. The van der Waals surface area contributed by atoms with Crippen molar-refractivity contribution in [1.29, 1.82) is 0 Å². The Kier molecular flexibility index (Phi) is 6.98. The number of hydrogen-bond donors (Lipinski definition) is 0. The summed E-state index contributed by atoms with van der Waals surface area (Å²) in [6, 6.07) is 26.4. The van der Waals surface area contributed by atoms with E-state index in [0.717, 1.165) is 4.90 Å². The number of rotatable bonds is 7. The van der Waals surface area contributed by atoms with Gasteiger partial charge >= 0.3 is 5.97 Å². The molecule has 0 atom stereocenters. The smallest absolute Gasteiger partial charge is 0.339 e. The summed E-state index contributed by atoms with van der Waals surface area (Å²) in [6.07, 6.45) is 0. The van der Waals surface area contributed by atoms with Gasteiger partial charge in [-0.05, 0) is 72.8 Å². The number of methoxy groups -OCH3 is 1. The fraction of sp³-hybridized carbons (Fsp3) is 0.0606. The number of amides is 2. The molecule has 1 aromatic heterocycles. The van der Waals surface area contributed by atoms with Gasteiger partial charge in [-0.3, -0.25) is 14.4 Å². The van der Waals surface area contributed by atoms with Crippen LogP contribution in [0.1, 0.15) is 41.4 Å². The Hall–Kier alpha value is -5.34. The minimum absolute atomic E-state index is 0.185. The lowest BCUT2D eigenvalue weighted by atomic mass is 10.0. The van der Waals surface area contributed by atoms with Crippen molar-refractivity contribution < 1.29 is 28.7 Å². The van der Waals surface area contributed by atoms with E-state index in [1.807, 2.05) is 0 Å². The van der Waals surface area contributed by atoms with E-state index in [9.17, 15) is 19.2 Å². The van der Waals surface area contributed by atoms with E-state index in [1.165, 1.54) is 7.11 Å². The average molecular weight is 577 g/mol. The SMILES string of the molecule is COc1ccc(C(=O)COC(=O)c2cc(-c3ccc(N4C(=O)c5ccccc5C4=O)cc3)nc3ccc(Cl)cc23)cc1. The van der Waals surface area contributed by atoms with Crippen LogP contribution in [0, 0.1) is 0 Å². The van der Waals surface area contributed by atoms with Crippen LogP contribution >= 0.6 is 11.6 Å².